The summed E-state index contributed by atoms with van der Waals surface area (Å²) in [5.74, 6) is -2.99. The van der Waals surface area contributed by atoms with Crippen LogP contribution in [0.1, 0.15) is 20.7 Å². The van der Waals surface area contributed by atoms with Crippen LogP contribution >= 0.6 is 0 Å². The summed E-state index contributed by atoms with van der Waals surface area (Å²) in [4.78, 5) is 44.7. The largest absolute Gasteiger partial charge is 0.478 e. The Kier molecular flexibility index (Phi) is 4.49. The quantitative estimate of drug-likeness (QED) is 0.576. The Morgan fingerprint density at radius 2 is 1.85 bits per heavy atom. The van der Waals surface area contributed by atoms with Crippen molar-refractivity contribution in [3.05, 3.63) is 39.4 Å². The lowest BCUT2D eigenvalue weighted by molar-refractivity contribution is -0.384. The highest BCUT2D eigenvalue weighted by molar-refractivity contribution is 6.06. The monoisotopic (exact) mass is 281 g/mol. The number of nitro benzene ring substituents is 1. The van der Waals surface area contributed by atoms with Gasteiger partial charge in [0.25, 0.3) is 11.6 Å². The zero-order valence-corrected chi connectivity index (χ0v) is 10.4. The number of rotatable bonds is 4. The maximum absolute atomic E-state index is 11.9. The van der Waals surface area contributed by atoms with E-state index in [2.05, 4.69) is 0 Å². The summed E-state index contributed by atoms with van der Waals surface area (Å²) in [6.45, 7) is -0.414. The maximum Gasteiger partial charge on any atom is 0.335 e. The van der Waals surface area contributed by atoms with Crippen molar-refractivity contribution < 1.29 is 24.4 Å². The number of carbonyl (C=O) groups is 3. The normalized spacial score (nSPS) is 9.90. The minimum atomic E-state index is -1.42. The minimum Gasteiger partial charge on any atom is -0.478 e. The molecule has 2 amide bonds. The summed E-state index contributed by atoms with van der Waals surface area (Å²) in [5.41, 5.74) is 3.85. The molecule has 0 fully saturated rings. The molecule has 9 nitrogen and oxygen atoms in total. The van der Waals surface area contributed by atoms with E-state index in [1.165, 1.54) is 0 Å². The van der Waals surface area contributed by atoms with E-state index in [1.807, 2.05) is 0 Å². The van der Waals surface area contributed by atoms with Crippen LogP contribution < -0.4 is 5.73 Å². The van der Waals surface area contributed by atoms with Gasteiger partial charge in [-0.15, -0.1) is 0 Å². The van der Waals surface area contributed by atoms with Crippen molar-refractivity contribution in [2.75, 3.05) is 13.6 Å². The summed E-state index contributed by atoms with van der Waals surface area (Å²) in [7, 11) is 1.15. The average molecular weight is 281 g/mol. The number of non-ortho nitro benzene ring substituents is 1. The van der Waals surface area contributed by atoms with Crippen LogP contribution in [0.3, 0.4) is 0 Å². The molecule has 0 saturated heterocycles. The van der Waals surface area contributed by atoms with Gasteiger partial charge in [-0.2, -0.15) is 0 Å². The number of carbonyl (C=O) groups excluding carboxylic acids is 2. The summed E-state index contributed by atoms with van der Waals surface area (Å²) < 4.78 is 0. The van der Waals surface area contributed by atoms with E-state index in [9.17, 15) is 24.5 Å². The molecular formula is C11H11N3O6. The molecule has 0 spiro atoms. The first kappa shape index (κ1) is 15.2. The first-order chi connectivity index (χ1) is 9.27. The van der Waals surface area contributed by atoms with E-state index in [0.717, 1.165) is 25.2 Å². The topological polar surface area (TPSA) is 144 Å². The smallest absolute Gasteiger partial charge is 0.335 e. The molecular weight excluding hydrogens is 270 g/mol. The van der Waals surface area contributed by atoms with Crippen LogP contribution in [0.4, 0.5) is 5.69 Å². The second kappa shape index (κ2) is 5.89. The van der Waals surface area contributed by atoms with Gasteiger partial charge in [-0.25, -0.2) is 4.79 Å². The number of carboxylic acid groups (broad SMARTS) is 1. The standard InChI is InChI=1S/C11H11N3O6/c1-13(9(15)5-12)10(16)6-2-7(11(17)18)4-8(3-6)14(19)20/h2-4H,5,12H2,1H3,(H,17,18). The highest BCUT2D eigenvalue weighted by Crippen LogP contribution is 2.18. The predicted molar refractivity (Wildman–Crippen MR) is 66.2 cm³/mol. The molecule has 0 aromatic heterocycles. The van der Waals surface area contributed by atoms with Crippen LogP contribution in [-0.4, -0.2) is 46.3 Å². The van der Waals surface area contributed by atoms with E-state index < -0.39 is 40.5 Å². The van der Waals surface area contributed by atoms with E-state index in [0.29, 0.717) is 4.90 Å². The van der Waals surface area contributed by atoms with E-state index >= 15 is 0 Å². The molecule has 0 aliphatic carbocycles. The van der Waals surface area contributed by atoms with Gasteiger partial charge < -0.3 is 10.8 Å². The Hall–Kier alpha value is -2.81. The molecule has 0 unspecified atom stereocenters. The lowest BCUT2D eigenvalue weighted by atomic mass is 10.1. The number of hydrogen-bond acceptors (Lipinski definition) is 6. The lowest BCUT2D eigenvalue weighted by Gasteiger charge is -2.14. The van der Waals surface area contributed by atoms with Crippen molar-refractivity contribution in [2.24, 2.45) is 5.73 Å². The van der Waals surface area contributed by atoms with Crippen LogP contribution in [0, 0.1) is 10.1 Å². The molecule has 0 heterocycles. The van der Waals surface area contributed by atoms with Gasteiger partial charge in [-0.1, -0.05) is 0 Å². The molecule has 3 N–H and O–H groups in total. The number of nitrogens with zero attached hydrogens (tertiary/aromatic N) is 2. The summed E-state index contributed by atoms with van der Waals surface area (Å²) in [5, 5.41) is 19.6. The molecule has 0 aliphatic rings. The van der Waals surface area contributed by atoms with E-state index in [-0.39, 0.29) is 5.56 Å². The van der Waals surface area contributed by atoms with Gasteiger partial charge in [0.1, 0.15) is 0 Å². The van der Waals surface area contributed by atoms with E-state index in [4.69, 9.17) is 10.8 Å². The molecule has 106 valence electrons. The van der Waals surface area contributed by atoms with Gasteiger partial charge in [-0.05, 0) is 6.07 Å². The summed E-state index contributed by atoms with van der Waals surface area (Å²) in [6.07, 6.45) is 0. The second-order valence-corrected chi connectivity index (χ2v) is 3.79. The minimum absolute atomic E-state index is 0.277. The van der Waals surface area contributed by atoms with Gasteiger partial charge in [-0.3, -0.25) is 24.6 Å². The van der Waals surface area contributed by atoms with Crippen molar-refractivity contribution in [2.45, 2.75) is 0 Å². The molecule has 20 heavy (non-hydrogen) atoms. The molecule has 9 heteroatoms. The number of hydrogen-bond donors (Lipinski definition) is 2. The van der Waals surface area contributed by atoms with E-state index in [1.54, 1.807) is 0 Å². The number of likely N-dealkylation sites (N-methyl/N-ethyl adjacent to an activating group) is 1. The van der Waals surface area contributed by atoms with Gasteiger partial charge in [0.05, 0.1) is 17.0 Å². The molecule has 0 radical (unpaired) electrons. The number of nitrogens with two attached hydrogens (primary N) is 1. The number of nitro groups is 1. The van der Waals surface area contributed by atoms with Crippen LogP contribution in [-0.2, 0) is 4.79 Å². The molecule has 1 aromatic rings. The first-order valence-corrected chi connectivity index (χ1v) is 5.31. The van der Waals surface area contributed by atoms with Gasteiger partial charge in [0, 0.05) is 24.7 Å². The zero-order valence-electron chi connectivity index (χ0n) is 10.4. The number of amides is 2. The van der Waals surface area contributed by atoms with Crippen LogP contribution in [0.25, 0.3) is 0 Å². The van der Waals surface area contributed by atoms with Crippen molar-refractivity contribution in [1.29, 1.82) is 0 Å². The van der Waals surface area contributed by atoms with Gasteiger partial charge in [0.2, 0.25) is 5.91 Å². The predicted octanol–water partition coefficient (Wildman–Crippen LogP) is -0.150. The Labute approximate surface area is 112 Å². The third kappa shape index (κ3) is 3.14. The van der Waals surface area contributed by atoms with Crippen molar-refractivity contribution in [1.82, 2.24) is 4.90 Å². The van der Waals surface area contributed by atoms with Gasteiger partial charge in [0.15, 0.2) is 0 Å². The molecule has 1 rings (SSSR count). The maximum atomic E-state index is 11.9. The highest BCUT2D eigenvalue weighted by atomic mass is 16.6. The fourth-order valence-corrected chi connectivity index (χ4v) is 1.41. The zero-order chi connectivity index (χ0) is 15.4. The molecule has 1 aromatic carbocycles. The van der Waals surface area contributed by atoms with Crippen LogP contribution in [0.5, 0.6) is 0 Å². The van der Waals surface area contributed by atoms with Crippen molar-refractivity contribution in [3.63, 3.8) is 0 Å². The third-order valence-corrected chi connectivity index (χ3v) is 2.48. The SMILES string of the molecule is CN(C(=O)CN)C(=O)c1cc(C(=O)O)cc([N+](=O)[O-])c1. The third-order valence-electron chi connectivity index (χ3n) is 2.48. The second-order valence-electron chi connectivity index (χ2n) is 3.79. The number of aromatic carboxylic acids is 1. The number of imide groups is 1. The summed E-state index contributed by atoms with van der Waals surface area (Å²) in [6, 6.07) is 2.68. The number of carboxylic acids is 1. The van der Waals surface area contributed by atoms with Crippen LogP contribution in [0.2, 0.25) is 0 Å². The Morgan fingerprint density at radius 3 is 2.30 bits per heavy atom. The Morgan fingerprint density at radius 1 is 1.30 bits per heavy atom. The molecule has 0 saturated carbocycles. The first-order valence-electron chi connectivity index (χ1n) is 5.31. The summed E-state index contributed by atoms with van der Waals surface area (Å²) >= 11 is 0. The molecule has 0 bridgehead atoms. The fourth-order valence-electron chi connectivity index (χ4n) is 1.41. The van der Waals surface area contributed by atoms with Crippen molar-refractivity contribution in [3.8, 4) is 0 Å². The number of benzene rings is 1. The highest BCUT2D eigenvalue weighted by Gasteiger charge is 2.22. The molecule has 0 aliphatic heterocycles. The van der Waals surface area contributed by atoms with Crippen LogP contribution in [0.15, 0.2) is 18.2 Å². The average Bonchev–Trinajstić information content (AvgIpc) is 2.44. The Bertz CT molecular complexity index is 566. The lowest BCUT2D eigenvalue weighted by Crippen LogP contribution is -2.37. The molecule has 0 atom stereocenters. The Balaban J connectivity index is 3.30. The fraction of sp³-hybridized carbons (Fsp3) is 0.182. The van der Waals surface area contributed by atoms with Crippen molar-refractivity contribution >= 4 is 23.5 Å². The van der Waals surface area contributed by atoms with Gasteiger partial charge >= 0.3 is 5.97 Å².